The highest BCUT2D eigenvalue weighted by Crippen LogP contribution is 2.45. The number of ether oxygens (including phenoxy) is 4. The van der Waals surface area contributed by atoms with E-state index in [-0.39, 0.29) is 11.5 Å². The number of hydrogen-bond acceptors (Lipinski definition) is 4. The molecule has 1 aromatic rings. The molecule has 1 heterocycles. The van der Waals surface area contributed by atoms with Crippen molar-refractivity contribution in [1.82, 2.24) is 0 Å². The van der Waals surface area contributed by atoms with Crippen LogP contribution in [0.25, 0.3) is 0 Å². The molecule has 0 aliphatic carbocycles. The normalized spacial score (nSPS) is 20.1. The molecule has 2 rings (SSSR count). The molecule has 2 atom stereocenters. The highest BCUT2D eigenvalue weighted by molar-refractivity contribution is 6.21. The monoisotopic (exact) mass is 286 g/mol. The second-order valence-corrected chi connectivity index (χ2v) is 4.85. The summed E-state index contributed by atoms with van der Waals surface area (Å²) in [6, 6.07) is 3.74. The molecule has 1 fully saturated rings. The quantitative estimate of drug-likeness (QED) is 0.779. The van der Waals surface area contributed by atoms with E-state index in [1.165, 1.54) is 0 Å². The summed E-state index contributed by atoms with van der Waals surface area (Å²) < 4.78 is 21.7. The number of methoxy groups -OCH3 is 3. The number of benzene rings is 1. The van der Waals surface area contributed by atoms with E-state index in [2.05, 4.69) is 0 Å². The molecule has 0 radical (unpaired) electrons. The Balaban J connectivity index is 2.38. The van der Waals surface area contributed by atoms with Crippen molar-refractivity contribution >= 4 is 11.6 Å². The average molecular weight is 287 g/mol. The second-order valence-electron chi connectivity index (χ2n) is 4.38. The third kappa shape index (κ3) is 2.74. The van der Waals surface area contributed by atoms with E-state index in [9.17, 15) is 0 Å². The minimum Gasteiger partial charge on any atom is -0.493 e. The maximum atomic E-state index is 6.52. The summed E-state index contributed by atoms with van der Waals surface area (Å²) in [4.78, 5) is 0. The molecule has 1 aliphatic heterocycles. The molecule has 4 nitrogen and oxygen atoms in total. The first-order chi connectivity index (χ1) is 9.22. The zero-order valence-corrected chi connectivity index (χ0v) is 12.2. The molecule has 1 aromatic carbocycles. The van der Waals surface area contributed by atoms with Crippen molar-refractivity contribution < 1.29 is 18.9 Å². The Labute approximate surface area is 118 Å². The van der Waals surface area contributed by atoms with Gasteiger partial charge in [0.05, 0.1) is 32.8 Å². The molecule has 0 aromatic heterocycles. The van der Waals surface area contributed by atoms with Crippen LogP contribution in [0.1, 0.15) is 23.8 Å². The number of halogens is 1. The Morgan fingerprint density at radius 1 is 1.16 bits per heavy atom. The smallest absolute Gasteiger partial charge is 0.203 e. The summed E-state index contributed by atoms with van der Waals surface area (Å²) in [5, 5.41) is -0.253. The molecule has 106 valence electrons. The van der Waals surface area contributed by atoms with Crippen molar-refractivity contribution in [3.8, 4) is 17.2 Å². The molecule has 5 heteroatoms. The van der Waals surface area contributed by atoms with Gasteiger partial charge in [0.2, 0.25) is 5.75 Å². The molecule has 0 saturated carbocycles. The van der Waals surface area contributed by atoms with Gasteiger partial charge in [-0.05, 0) is 25.0 Å². The largest absolute Gasteiger partial charge is 0.493 e. The zero-order valence-electron chi connectivity index (χ0n) is 11.4. The van der Waals surface area contributed by atoms with Crippen LogP contribution in [0.3, 0.4) is 0 Å². The van der Waals surface area contributed by atoms with E-state index in [0.717, 1.165) is 25.0 Å². The van der Waals surface area contributed by atoms with Crippen LogP contribution in [0.2, 0.25) is 0 Å². The number of hydrogen-bond donors (Lipinski definition) is 0. The van der Waals surface area contributed by atoms with E-state index in [1.54, 1.807) is 21.3 Å². The Hall–Kier alpha value is -1.13. The van der Waals surface area contributed by atoms with Gasteiger partial charge in [-0.1, -0.05) is 0 Å². The van der Waals surface area contributed by atoms with Crippen LogP contribution in [-0.4, -0.2) is 34.0 Å². The van der Waals surface area contributed by atoms with Crippen molar-refractivity contribution in [3.05, 3.63) is 17.7 Å². The molecular formula is C14H19ClO4. The van der Waals surface area contributed by atoms with Gasteiger partial charge in [-0.3, -0.25) is 0 Å². The van der Waals surface area contributed by atoms with E-state index in [1.807, 2.05) is 12.1 Å². The van der Waals surface area contributed by atoms with Gasteiger partial charge < -0.3 is 18.9 Å². The van der Waals surface area contributed by atoms with Gasteiger partial charge in [-0.25, -0.2) is 0 Å². The molecular weight excluding hydrogens is 268 g/mol. The van der Waals surface area contributed by atoms with Gasteiger partial charge in [-0.2, -0.15) is 0 Å². The summed E-state index contributed by atoms with van der Waals surface area (Å²) in [6.07, 6.45) is 2.03. The van der Waals surface area contributed by atoms with Gasteiger partial charge in [-0.15, -0.1) is 11.6 Å². The van der Waals surface area contributed by atoms with Crippen LogP contribution >= 0.6 is 11.6 Å². The van der Waals surface area contributed by atoms with E-state index in [0.29, 0.717) is 17.2 Å². The SMILES string of the molecule is COc1ccc(C(Cl)C2CCCO2)c(OC)c1OC. The summed E-state index contributed by atoms with van der Waals surface area (Å²) in [5.41, 5.74) is 0.869. The topological polar surface area (TPSA) is 36.9 Å². The van der Waals surface area contributed by atoms with E-state index >= 15 is 0 Å². The van der Waals surface area contributed by atoms with Crippen LogP contribution in [0.15, 0.2) is 12.1 Å². The lowest BCUT2D eigenvalue weighted by atomic mass is 10.0. The summed E-state index contributed by atoms with van der Waals surface area (Å²) in [7, 11) is 4.77. The lowest BCUT2D eigenvalue weighted by Crippen LogP contribution is -2.14. The Bertz CT molecular complexity index is 430. The van der Waals surface area contributed by atoms with Crippen LogP contribution < -0.4 is 14.2 Å². The van der Waals surface area contributed by atoms with Crippen molar-refractivity contribution in [2.75, 3.05) is 27.9 Å². The molecule has 0 N–H and O–H groups in total. The zero-order chi connectivity index (χ0) is 13.8. The summed E-state index contributed by atoms with van der Waals surface area (Å²) >= 11 is 6.52. The number of rotatable bonds is 5. The highest BCUT2D eigenvalue weighted by atomic mass is 35.5. The first-order valence-electron chi connectivity index (χ1n) is 6.27. The summed E-state index contributed by atoms with van der Waals surface area (Å²) in [5.74, 6) is 1.79. The second kappa shape index (κ2) is 6.35. The minimum atomic E-state index is -0.253. The van der Waals surface area contributed by atoms with Gasteiger partial charge >= 0.3 is 0 Å². The van der Waals surface area contributed by atoms with Crippen LogP contribution in [0, 0.1) is 0 Å². The molecule has 2 unspecified atom stereocenters. The maximum absolute atomic E-state index is 6.52. The van der Waals surface area contributed by atoms with E-state index in [4.69, 9.17) is 30.5 Å². The van der Waals surface area contributed by atoms with Gasteiger partial charge in [0.25, 0.3) is 0 Å². The first kappa shape index (κ1) is 14.3. The van der Waals surface area contributed by atoms with Crippen molar-refractivity contribution in [2.24, 2.45) is 0 Å². The first-order valence-corrected chi connectivity index (χ1v) is 6.71. The van der Waals surface area contributed by atoms with Crippen LogP contribution in [-0.2, 0) is 4.74 Å². The lowest BCUT2D eigenvalue weighted by molar-refractivity contribution is 0.107. The van der Waals surface area contributed by atoms with Crippen LogP contribution in [0.5, 0.6) is 17.2 Å². The number of alkyl halides is 1. The molecule has 1 saturated heterocycles. The molecule has 19 heavy (non-hydrogen) atoms. The fourth-order valence-corrected chi connectivity index (χ4v) is 2.75. The highest BCUT2D eigenvalue weighted by Gasteiger charge is 2.30. The van der Waals surface area contributed by atoms with Gasteiger partial charge in [0, 0.05) is 12.2 Å². The fraction of sp³-hybridized carbons (Fsp3) is 0.571. The van der Waals surface area contributed by atoms with Crippen LogP contribution in [0.4, 0.5) is 0 Å². The standard InChI is InChI=1S/C14H19ClO4/c1-16-11-7-6-9(13(17-2)14(11)18-3)12(15)10-5-4-8-19-10/h6-7,10,12H,4-5,8H2,1-3H3. The molecule has 0 bridgehead atoms. The molecule has 0 spiro atoms. The van der Waals surface area contributed by atoms with E-state index < -0.39 is 0 Å². The predicted octanol–water partition coefficient (Wildman–Crippen LogP) is 3.17. The minimum absolute atomic E-state index is 0.0219. The maximum Gasteiger partial charge on any atom is 0.203 e. The third-order valence-electron chi connectivity index (χ3n) is 3.32. The molecule has 1 aliphatic rings. The van der Waals surface area contributed by atoms with Crippen molar-refractivity contribution in [1.29, 1.82) is 0 Å². The average Bonchev–Trinajstić information content (AvgIpc) is 2.98. The Morgan fingerprint density at radius 2 is 1.89 bits per heavy atom. The Morgan fingerprint density at radius 3 is 2.42 bits per heavy atom. The van der Waals surface area contributed by atoms with Gasteiger partial charge in [0.15, 0.2) is 11.5 Å². The predicted molar refractivity (Wildman–Crippen MR) is 73.7 cm³/mol. The third-order valence-corrected chi connectivity index (χ3v) is 3.84. The molecule has 0 amide bonds. The fourth-order valence-electron chi connectivity index (χ4n) is 2.38. The van der Waals surface area contributed by atoms with Crippen molar-refractivity contribution in [2.45, 2.75) is 24.3 Å². The lowest BCUT2D eigenvalue weighted by Gasteiger charge is -2.21. The van der Waals surface area contributed by atoms with Crippen molar-refractivity contribution in [3.63, 3.8) is 0 Å². The summed E-state index contributed by atoms with van der Waals surface area (Å²) in [6.45, 7) is 0.767. The Kier molecular flexibility index (Phi) is 4.77. The van der Waals surface area contributed by atoms with Gasteiger partial charge in [0.1, 0.15) is 0 Å².